The number of nitro benzene ring substituents is 2. The third-order valence-corrected chi connectivity index (χ3v) is 2.19. The number of nitro groups is 2. The molecule has 9 heteroatoms. The predicted molar refractivity (Wildman–Crippen MR) is 62.6 cm³/mol. The lowest BCUT2D eigenvalue weighted by Gasteiger charge is -2.15. The lowest BCUT2D eigenvalue weighted by Crippen LogP contribution is -2.20. The smallest absolute Gasteiger partial charge is 0.300 e. The van der Waals surface area contributed by atoms with Crippen LogP contribution in [0.25, 0.3) is 0 Å². The van der Waals surface area contributed by atoms with Gasteiger partial charge in [0.05, 0.1) is 21.5 Å². The number of hydrogen-bond donors (Lipinski definition) is 1. The van der Waals surface area contributed by atoms with Crippen molar-refractivity contribution < 1.29 is 14.6 Å². The minimum Gasteiger partial charge on any atom is -0.371 e. The van der Waals surface area contributed by atoms with Gasteiger partial charge in [0.25, 0.3) is 17.3 Å². The quantitative estimate of drug-likeness (QED) is 0.620. The van der Waals surface area contributed by atoms with Gasteiger partial charge in [0, 0.05) is 20.2 Å². The number of hydrogen-bond acceptors (Lipinski definition) is 6. The Morgan fingerprint density at radius 1 is 1.22 bits per heavy atom. The van der Waals surface area contributed by atoms with Crippen molar-refractivity contribution in [3.05, 3.63) is 37.9 Å². The number of carbonyl (C=O) groups is 1. The van der Waals surface area contributed by atoms with Crippen molar-refractivity contribution in [2.75, 3.05) is 19.0 Å². The maximum absolute atomic E-state index is 11.2. The van der Waals surface area contributed by atoms with Crippen molar-refractivity contribution in [3.63, 3.8) is 0 Å². The molecule has 1 rings (SSSR count). The van der Waals surface area contributed by atoms with Crippen LogP contribution in [0, 0.1) is 20.2 Å². The first-order valence-electron chi connectivity index (χ1n) is 4.69. The summed E-state index contributed by atoms with van der Waals surface area (Å²) < 4.78 is 0. The van der Waals surface area contributed by atoms with Crippen LogP contribution in [0.2, 0.25) is 0 Å². The molecule has 0 fully saturated rings. The Kier molecular flexibility index (Phi) is 3.45. The Morgan fingerprint density at radius 2 is 1.78 bits per heavy atom. The average Bonchev–Trinajstić information content (AvgIpc) is 2.26. The lowest BCUT2D eigenvalue weighted by molar-refractivity contribution is -0.393. The summed E-state index contributed by atoms with van der Waals surface area (Å²) >= 11 is 0. The van der Waals surface area contributed by atoms with Gasteiger partial charge in [-0.05, 0) is 0 Å². The van der Waals surface area contributed by atoms with Crippen LogP contribution in [-0.4, -0.2) is 29.8 Å². The summed E-state index contributed by atoms with van der Waals surface area (Å²) in [5, 5.41) is 21.5. The Labute approximate surface area is 101 Å². The highest BCUT2D eigenvalue weighted by Gasteiger charge is 2.27. The molecule has 0 heterocycles. The molecular formula is C9H10N4O5. The van der Waals surface area contributed by atoms with Gasteiger partial charge in [0.2, 0.25) is 0 Å². The largest absolute Gasteiger partial charge is 0.371 e. The van der Waals surface area contributed by atoms with Crippen LogP contribution in [-0.2, 0) is 0 Å². The van der Waals surface area contributed by atoms with Crippen LogP contribution < -0.4 is 10.6 Å². The van der Waals surface area contributed by atoms with Crippen LogP contribution in [0.1, 0.15) is 10.4 Å². The van der Waals surface area contributed by atoms with E-state index in [9.17, 15) is 25.0 Å². The zero-order valence-corrected chi connectivity index (χ0v) is 9.61. The van der Waals surface area contributed by atoms with E-state index in [4.69, 9.17) is 5.73 Å². The minimum atomic E-state index is -0.967. The molecule has 1 amide bonds. The van der Waals surface area contributed by atoms with E-state index in [-0.39, 0.29) is 11.3 Å². The van der Waals surface area contributed by atoms with E-state index in [2.05, 4.69) is 0 Å². The molecule has 96 valence electrons. The van der Waals surface area contributed by atoms with Crippen LogP contribution >= 0.6 is 0 Å². The molecule has 0 bridgehead atoms. The monoisotopic (exact) mass is 254 g/mol. The van der Waals surface area contributed by atoms with Crippen molar-refractivity contribution in [2.24, 2.45) is 5.73 Å². The summed E-state index contributed by atoms with van der Waals surface area (Å²) in [6, 6.07) is 1.71. The van der Waals surface area contributed by atoms with Gasteiger partial charge >= 0.3 is 0 Å². The van der Waals surface area contributed by atoms with Crippen LogP contribution in [0.3, 0.4) is 0 Å². The maximum atomic E-state index is 11.2. The molecule has 0 saturated heterocycles. The molecule has 0 aromatic heterocycles. The van der Waals surface area contributed by atoms with E-state index >= 15 is 0 Å². The van der Waals surface area contributed by atoms with E-state index < -0.39 is 27.1 Å². The summed E-state index contributed by atoms with van der Waals surface area (Å²) in [6.07, 6.45) is 0. The second-order valence-electron chi connectivity index (χ2n) is 3.63. The number of non-ortho nitro benzene ring substituents is 1. The molecule has 1 aromatic rings. The molecule has 0 aliphatic carbocycles. The topological polar surface area (TPSA) is 133 Å². The lowest BCUT2D eigenvalue weighted by atomic mass is 10.1. The SMILES string of the molecule is CN(C)c1c(C(N)=O)cc([N+](=O)[O-])cc1[N+](=O)[O-]. The first-order valence-corrected chi connectivity index (χ1v) is 4.69. The van der Waals surface area contributed by atoms with Gasteiger partial charge in [0.15, 0.2) is 0 Å². The van der Waals surface area contributed by atoms with Crippen molar-refractivity contribution >= 4 is 23.0 Å². The molecule has 9 nitrogen and oxygen atoms in total. The molecule has 2 N–H and O–H groups in total. The number of anilines is 1. The van der Waals surface area contributed by atoms with E-state index in [1.165, 1.54) is 19.0 Å². The Bertz CT molecular complexity index is 505. The van der Waals surface area contributed by atoms with Crippen molar-refractivity contribution in [1.29, 1.82) is 0 Å². The third kappa shape index (κ3) is 2.34. The first-order chi connectivity index (χ1) is 8.25. The zero-order valence-electron chi connectivity index (χ0n) is 9.61. The third-order valence-electron chi connectivity index (χ3n) is 2.19. The summed E-state index contributed by atoms with van der Waals surface area (Å²) in [5.74, 6) is -0.967. The van der Waals surface area contributed by atoms with Crippen molar-refractivity contribution in [2.45, 2.75) is 0 Å². The van der Waals surface area contributed by atoms with Gasteiger partial charge in [-0.2, -0.15) is 0 Å². The molecule has 0 aliphatic rings. The van der Waals surface area contributed by atoms with Crippen LogP contribution in [0.5, 0.6) is 0 Å². The Balaban J connectivity index is 3.71. The molecule has 18 heavy (non-hydrogen) atoms. The van der Waals surface area contributed by atoms with Gasteiger partial charge in [-0.15, -0.1) is 0 Å². The standard InChI is InChI=1S/C9H10N4O5/c1-11(2)8-6(9(10)14)3-5(12(15)16)4-7(8)13(17)18/h3-4H,1-2H3,(H2,10,14). The molecule has 0 spiro atoms. The van der Waals surface area contributed by atoms with E-state index in [0.29, 0.717) is 0 Å². The normalized spacial score (nSPS) is 9.89. The number of benzene rings is 1. The first kappa shape index (κ1) is 13.4. The summed E-state index contributed by atoms with van der Waals surface area (Å²) in [6.45, 7) is 0. The zero-order chi connectivity index (χ0) is 14.0. The van der Waals surface area contributed by atoms with E-state index in [1.54, 1.807) is 0 Å². The minimum absolute atomic E-state index is 0.0573. The van der Waals surface area contributed by atoms with Gasteiger partial charge in [-0.3, -0.25) is 25.0 Å². The number of nitrogens with zero attached hydrogens (tertiary/aromatic N) is 3. The van der Waals surface area contributed by atoms with Crippen LogP contribution in [0.15, 0.2) is 12.1 Å². The highest BCUT2D eigenvalue weighted by Crippen LogP contribution is 2.34. The molecular weight excluding hydrogens is 244 g/mol. The molecule has 0 aliphatic heterocycles. The average molecular weight is 254 g/mol. The van der Waals surface area contributed by atoms with Crippen molar-refractivity contribution in [1.82, 2.24) is 0 Å². The van der Waals surface area contributed by atoms with Crippen molar-refractivity contribution in [3.8, 4) is 0 Å². The Morgan fingerprint density at radius 3 is 2.11 bits per heavy atom. The number of nitrogens with two attached hydrogens (primary N) is 1. The number of carbonyl (C=O) groups excluding carboxylic acids is 1. The van der Waals surface area contributed by atoms with Gasteiger partial charge in [-0.1, -0.05) is 0 Å². The summed E-state index contributed by atoms with van der Waals surface area (Å²) in [5.41, 5.74) is 3.67. The van der Waals surface area contributed by atoms with Gasteiger partial charge < -0.3 is 10.6 Å². The molecule has 0 radical (unpaired) electrons. The second-order valence-corrected chi connectivity index (χ2v) is 3.63. The fourth-order valence-electron chi connectivity index (χ4n) is 1.51. The molecule has 0 saturated carbocycles. The predicted octanol–water partition coefficient (Wildman–Crippen LogP) is 0.668. The van der Waals surface area contributed by atoms with Gasteiger partial charge in [-0.25, -0.2) is 0 Å². The maximum Gasteiger partial charge on any atom is 0.300 e. The van der Waals surface area contributed by atoms with Gasteiger partial charge in [0.1, 0.15) is 5.69 Å². The van der Waals surface area contributed by atoms with E-state index in [0.717, 1.165) is 12.1 Å². The summed E-state index contributed by atoms with van der Waals surface area (Å²) in [7, 11) is 2.95. The van der Waals surface area contributed by atoms with Crippen LogP contribution in [0.4, 0.5) is 17.1 Å². The highest BCUT2D eigenvalue weighted by molar-refractivity contribution is 6.01. The molecule has 1 aromatic carbocycles. The number of primary amides is 1. The number of amides is 1. The van der Waals surface area contributed by atoms with E-state index in [1.807, 2.05) is 0 Å². The molecule has 0 atom stereocenters. The number of rotatable bonds is 4. The molecule has 0 unspecified atom stereocenters. The summed E-state index contributed by atoms with van der Waals surface area (Å²) in [4.78, 5) is 32.4. The Hall–Kier alpha value is -2.71. The fraction of sp³-hybridized carbons (Fsp3) is 0.222. The highest BCUT2D eigenvalue weighted by atomic mass is 16.6. The second kappa shape index (κ2) is 4.65. The fourth-order valence-corrected chi connectivity index (χ4v) is 1.51.